The second-order valence-corrected chi connectivity index (χ2v) is 2.07. The Kier molecular flexibility index (Phi) is 5.40. The molecular formula is C5H2BN10. The number of pyridine rings is 1. The summed E-state index contributed by atoms with van der Waals surface area (Å²) in [6.07, 6.45) is 1.27. The third-order valence-electron chi connectivity index (χ3n) is 1.32. The lowest BCUT2D eigenvalue weighted by Crippen LogP contribution is -1.73. The summed E-state index contributed by atoms with van der Waals surface area (Å²) in [7, 11) is 0. The van der Waals surface area contributed by atoms with Crippen molar-refractivity contribution in [3.63, 3.8) is 0 Å². The number of rotatable bonds is 3. The first-order chi connectivity index (χ1) is 7.33. The average molecular weight is 213 g/mol. The summed E-state index contributed by atoms with van der Waals surface area (Å²) in [4.78, 5) is 11.2. The van der Waals surface area contributed by atoms with Crippen molar-refractivity contribution in [3.05, 3.63) is 43.6 Å². The molecule has 0 saturated heterocycles. The molecule has 1 rings (SSSR count). The molecule has 11 heteroatoms. The zero-order chi connectivity index (χ0) is 11.1. The molecule has 0 aromatic carbocycles. The fourth-order valence-electron chi connectivity index (χ4n) is 0.818. The van der Waals surface area contributed by atoms with Crippen molar-refractivity contribution in [2.45, 2.75) is 0 Å². The predicted molar refractivity (Wildman–Crippen MR) is 56.4 cm³/mol. The second-order valence-electron chi connectivity index (χ2n) is 2.07. The van der Waals surface area contributed by atoms with Crippen LogP contribution in [0, 0.1) is 0 Å². The molecule has 0 spiro atoms. The van der Waals surface area contributed by atoms with Gasteiger partial charge < -0.3 is 0 Å². The van der Waals surface area contributed by atoms with E-state index in [1.54, 1.807) is 0 Å². The smallest absolute Gasteiger partial charge is 0.136 e. The molecule has 0 aliphatic carbocycles. The maximum atomic E-state index is 8.27. The van der Waals surface area contributed by atoms with Crippen LogP contribution < -0.4 is 0 Å². The molecule has 16 heavy (non-hydrogen) atoms. The van der Waals surface area contributed by atoms with Gasteiger partial charge in [0.2, 0.25) is 0 Å². The Morgan fingerprint density at radius 1 is 1.00 bits per heavy atom. The van der Waals surface area contributed by atoms with E-state index in [0.29, 0.717) is 0 Å². The SMILES string of the molecule is [B].[N-]=[N+]=Nc1ccnc(N=[N+]=[N-])c1N=[N+]=[N-]. The molecule has 0 amide bonds. The zero-order valence-electron chi connectivity index (χ0n) is 7.70. The summed E-state index contributed by atoms with van der Waals surface area (Å²) >= 11 is 0. The van der Waals surface area contributed by atoms with Crippen LogP contribution in [-0.2, 0) is 0 Å². The van der Waals surface area contributed by atoms with Gasteiger partial charge in [-0.15, -0.1) is 0 Å². The highest BCUT2D eigenvalue weighted by molar-refractivity contribution is 5.75. The Balaban J connectivity index is 0.00000225. The Morgan fingerprint density at radius 2 is 1.62 bits per heavy atom. The Labute approximate surface area is 90.4 Å². The largest absolute Gasteiger partial charge is 0.254 e. The summed E-state index contributed by atoms with van der Waals surface area (Å²) in [5, 5.41) is 9.68. The van der Waals surface area contributed by atoms with E-state index in [0.717, 1.165) is 0 Å². The minimum Gasteiger partial charge on any atom is -0.254 e. The Morgan fingerprint density at radius 3 is 2.19 bits per heavy atom. The van der Waals surface area contributed by atoms with E-state index in [-0.39, 0.29) is 25.6 Å². The number of nitrogens with zero attached hydrogens (tertiary/aromatic N) is 10. The Hall–Kier alpha value is -2.86. The molecular weight excluding hydrogens is 211 g/mol. The van der Waals surface area contributed by atoms with Crippen LogP contribution in [0.2, 0.25) is 0 Å². The molecule has 0 fully saturated rings. The lowest BCUT2D eigenvalue weighted by molar-refractivity contribution is 1.22. The average Bonchev–Trinajstić information content (AvgIpc) is 2.23. The van der Waals surface area contributed by atoms with Gasteiger partial charge in [0.05, 0.1) is 11.4 Å². The molecule has 0 saturated carbocycles. The summed E-state index contributed by atoms with van der Waals surface area (Å²) < 4.78 is 0. The maximum absolute atomic E-state index is 8.27. The number of aromatic nitrogens is 1. The molecule has 0 unspecified atom stereocenters. The number of hydrogen-bond acceptors (Lipinski definition) is 4. The van der Waals surface area contributed by atoms with E-state index >= 15 is 0 Å². The molecule has 0 aliphatic rings. The van der Waals surface area contributed by atoms with Crippen molar-refractivity contribution < 1.29 is 0 Å². The number of azide groups is 3. The molecule has 3 radical (unpaired) electrons. The predicted octanol–water partition coefficient (Wildman–Crippen LogP) is 3.53. The van der Waals surface area contributed by atoms with Gasteiger partial charge in [0.15, 0.2) is 0 Å². The molecule has 1 heterocycles. The molecule has 75 valence electrons. The van der Waals surface area contributed by atoms with Gasteiger partial charge >= 0.3 is 0 Å². The van der Waals surface area contributed by atoms with Crippen LogP contribution in [0.25, 0.3) is 31.3 Å². The monoisotopic (exact) mass is 213 g/mol. The first-order valence-electron chi connectivity index (χ1n) is 3.47. The van der Waals surface area contributed by atoms with Crippen molar-refractivity contribution in [2.24, 2.45) is 15.3 Å². The fourth-order valence-corrected chi connectivity index (χ4v) is 0.818. The van der Waals surface area contributed by atoms with Gasteiger partial charge in [-0.05, 0) is 27.8 Å². The molecule has 0 bridgehead atoms. The van der Waals surface area contributed by atoms with E-state index < -0.39 is 0 Å². The van der Waals surface area contributed by atoms with E-state index in [1.807, 2.05) is 0 Å². The highest BCUT2D eigenvalue weighted by atomic mass is 15.2. The van der Waals surface area contributed by atoms with E-state index in [2.05, 4.69) is 35.1 Å². The first kappa shape index (κ1) is 13.1. The molecule has 0 atom stereocenters. The Bertz CT molecular complexity index is 482. The van der Waals surface area contributed by atoms with E-state index in [1.165, 1.54) is 12.3 Å². The summed E-state index contributed by atoms with van der Waals surface area (Å²) in [6.45, 7) is 0. The minimum atomic E-state index is -0.139. The second kappa shape index (κ2) is 6.58. The van der Waals surface area contributed by atoms with E-state index in [9.17, 15) is 0 Å². The van der Waals surface area contributed by atoms with Crippen LogP contribution in [0.5, 0.6) is 0 Å². The quantitative estimate of drug-likeness (QED) is 0.319. The zero-order valence-corrected chi connectivity index (χ0v) is 7.70. The van der Waals surface area contributed by atoms with Crippen molar-refractivity contribution in [1.82, 2.24) is 4.98 Å². The highest BCUT2D eigenvalue weighted by Crippen LogP contribution is 2.35. The molecule has 1 aromatic heterocycles. The van der Waals surface area contributed by atoms with Crippen molar-refractivity contribution >= 4 is 25.6 Å². The van der Waals surface area contributed by atoms with Gasteiger partial charge in [-0.25, -0.2) is 0 Å². The van der Waals surface area contributed by atoms with Gasteiger partial charge in [-0.1, -0.05) is 10.2 Å². The van der Waals surface area contributed by atoms with Crippen LogP contribution in [0.1, 0.15) is 0 Å². The third kappa shape index (κ3) is 2.83. The van der Waals surface area contributed by atoms with E-state index in [4.69, 9.17) is 16.6 Å². The van der Waals surface area contributed by atoms with Crippen molar-refractivity contribution in [2.75, 3.05) is 0 Å². The highest BCUT2D eigenvalue weighted by Gasteiger charge is 2.04. The summed E-state index contributed by atoms with van der Waals surface area (Å²) in [6, 6.07) is 1.33. The topological polar surface area (TPSA) is 159 Å². The standard InChI is InChI=1S/C5H2N10.B/c6-13-10-3-1-2-9-5(12-15-8)4(3)11-14-7;/h1-2H;. The third-order valence-corrected chi connectivity index (χ3v) is 1.32. The molecule has 0 N–H and O–H groups in total. The van der Waals surface area contributed by atoms with Crippen LogP contribution >= 0.6 is 0 Å². The van der Waals surface area contributed by atoms with Gasteiger partial charge in [0.1, 0.15) is 5.82 Å². The fraction of sp³-hybridized carbons (Fsp3) is 0. The molecule has 1 aromatic rings. The van der Waals surface area contributed by atoms with Crippen LogP contribution in [0.15, 0.2) is 27.6 Å². The minimum absolute atomic E-state index is 0. The van der Waals surface area contributed by atoms with Crippen molar-refractivity contribution in [3.8, 4) is 0 Å². The normalized spacial score (nSPS) is 7.50. The van der Waals surface area contributed by atoms with Gasteiger partial charge in [-0.3, -0.25) is 4.98 Å². The summed E-state index contributed by atoms with van der Waals surface area (Å²) in [5.41, 5.74) is 24.7. The lowest BCUT2D eigenvalue weighted by atomic mass is 10.3. The van der Waals surface area contributed by atoms with Gasteiger partial charge in [0, 0.05) is 29.3 Å². The maximum Gasteiger partial charge on any atom is 0.136 e. The van der Waals surface area contributed by atoms with Crippen LogP contribution in [-0.4, -0.2) is 13.4 Å². The number of hydrogen-bond donors (Lipinski definition) is 0. The first-order valence-corrected chi connectivity index (χ1v) is 3.47. The van der Waals surface area contributed by atoms with Gasteiger partial charge in [0.25, 0.3) is 0 Å². The summed E-state index contributed by atoms with van der Waals surface area (Å²) in [5.74, 6) is -0.139. The lowest BCUT2D eigenvalue weighted by Gasteiger charge is -1.99. The molecule has 10 nitrogen and oxygen atoms in total. The van der Waals surface area contributed by atoms with Crippen molar-refractivity contribution in [1.29, 1.82) is 0 Å². The van der Waals surface area contributed by atoms with Gasteiger partial charge in [-0.2, -0.15) is 0 Å². The molecule has 0 aliphatic heterocycles. The van der Waals surface area contributed by atoms with Crippen LogP contribution in [0.3, 0.4) is 0 Å². The van der Waals surface area contributed by atoms with Crippen LogP contribution in [0.4, 0.5) is 17.2 Å².